The topological polar surface area (TPSA) is 46.9 Å². The number of nitrogens with one attached hydrogen (secondary N) is 1. The number of hydrogen-bond donors (Lipinski definition) is 1. The first-order valence-electron chi connectivity index (χ1n) is 10.8. The molecule has 1 amide bonds. The zero-order valence-electron chi connectivity index (χ0n) is 17.2. The molecule has 2 saturated carbocycles. The Labute approximate surface area is 167 Å². The van der Waals surface area contributed by atoms with Gasteiger partial charge in [0.05, 0.1) is 6.33 Å². The lowest BCUT2D eigenvalue weighted by molar-refractivity contribution is -0.119. The van der Waals surface area contributed by atoms with Gasteiger partial charge < -0.3 is 9.88 Å². The smallest absolute Gasteiger partial charge is 0.217 e. The monoisotopic (exact) mass is 377 g/mol. The first-order chi connectivity index (χ1) is 13.4. The number of nitrogens with zero attached hydrogens (tertiary/aromatic N) is 2. The van der Waals surface area contributed by atoms with Crippen LogP contribution in [0.2, 0.25) is 0 Å². The molecule has 0 aromatic carbocycles. The van der Waals surface area contributed by atoms with Crippen LogP contribution in [0, 0.1) is 22.7 Å². The van der Waals surface area contributed by atoms with E-state index in [9.17, 15) is 4.79 Å². The Hall–Kier alpha value is -2.10. The van der Waals surface area contributed by atoms with Crippen LogP contribution in [0.4, 0.5) is 0 Å². The minimum Gasteiger partial charge on any atom is -0.353 e. The Morgan fingerprint density at radius 3 is 2.86 bits per heavy atom. The van der Waals surface area contributed by atoms with E-state index in [0.29, 0.717) is 12.0 Å². The Bertz CT molecular complexity index is 893. The van der Waals surface area contributed by atoms with Gasteiger partial charge in [0.15, 0.2) is 0 Å². The van der Waals surface area contributed by atoms with E-state index in [4.69, 9.17) is 0 Å². The molecule has 148 valence electrons. The molecule has 1 N–H and O–H groups in total. The Balaban J connectivity index is 1.43. The maximum Gasteiger partial charge on any atom is 0.217 e. The van der Waals surface area contributed by atoms with Crippen molar-refractivity contribution in [2.45, 2.75) is 65.3 Å². The summed E-state index contributed by atoms with van der Waals surface area (Å²) >= 11 is 0. The minimum absolute atomic E-state index is 0.102. The van der Waals surface area contributed by atoms with Crippen molar-refractivity contribution in [2.75, 3.05) is 0 Å². The van der Waals surface area contributed by atoms with Crippen molar-refractivity contribution >= 4 is 11.6 Å². The van der Waals surface area contributed by atoms with E-state index < -0.39 is 0 Å². The van der Waals surface area contributed by atoms with Gasteiger partial charge >= 0.3 is 0 Å². The highest BCUT2D eigenvalue weighted by Crippen LogP contribution is 2.64. The summed E-state index contributed by atoms with van der Waals surface area (Å²) in [5.41, 5.74) is 5.04. The number of carbonyl (C=O) groups excluding carboxylic acids is 1. The summed E-state index contributed by atoms with van der Waals surface area (Å²) < 4.78 is 2.20. The average Bonchev–Trinajstić information content (AvgIpc) is 3.28. The van der Waals surface area contributed by atoms with Crippen molar-refractivity contribution in [3.8, 4) is 0 Å². The predicted molar refractivity (Wildman–Crippen MR) is 111 cm³/mol. The molecule has 0 unspecified atom stereocenters. The minimum atomic E-state index is 0.102. The zero-order valence-corrected chi connectivity index (χ0v) is 17.2. The zero-order chi connectivity index (χ0) is 19.5. The molecular weight excluding hydrogens is 346 g/mol. The molecule has 0 bridgehead atoms. The van der Waals surface area contributed by atoms with Gasteiger partial charge in [0.1, 0.15) is 0 Å². The van der Waals surface area contributed by atoms with Crippen LogP contribution in [0.5, 0.6) is 0 Å². The largest absolute Gasteiger partial charge is 0.353 e. The summed E-state index contributed by atoms with van der Waals surface area (Å²) in [5.74, 6) is 1.47. The van der Waals surface area contributed by atoms with Crippen LogP contribution >= 0.6 is 0 Å². The van der Waals surface area contributed by atoms with Crippen molar-refractivity contribution in [3.63, 3.8) is 0 Å². The molecule has 1 aromatic rings. The lowest BCUT2D eigenvalue weighted by Crippen LogP contribution is -2.49. The molecule has 4 aliphatic carbocycles. The molecular formula is C24H31N3O. The predicted octanol–water partition coefficient (Wildman–Crippen LogP) is 4.72. The molecule has 0 saturated heterocycles. The quantitative estimate of drug-likeness (QED) is 0.758. The number of rotatable bonds is 2. The molecule has 0 radical (unpaired) electrons. The molecule has 4 nitrogen and oxygen atoms in total. The summed E-state index contributed by atoms with van der Waals surface area (Å²) in [5, 5.41) is 3.16. The highest BCUT2D eigenvalue weighted by atomic mass is 16.1. The van der Waals surface area contributed by atoms with Gasteiger partial charge in [0.25, 0.3) is 0 Å². The van der Waals surface area contributed by atoms with Crippen molar-refractivity contribution in [3.05, 3.63) is 48.1 Å². The Kier molecular flexibility index (Phi) is 3.98. The number of allylic oxidation sites excluding steroid dienone is 5. The summed E-state index contributed by atoms with van der Waals surface area (Å²) in [4.78, 5) is 15.8. The number of hydrogen-bond acceptors (Lipinski definition) is 2. The third-order valence-corrected chi connectivity index (χ3v) is 8.30. The van der Waals surface area contributed by atoms with Crippen molar-refractivity contribution in [2.24, 2.45) is 22.7 Å². The second kappa shape index (κ2) is 6.20. The fourth-order valence-corrected chi connectivity index (χ4v) is 6.83. The second-order valence-corrected chi connectivity index (χ2v) is 9.75. The van der Waals surface area contributed by atoms with Gasteiger partial charge in [0, 0.05) is 36.5 Å². The van der Waals surface area contributed by atoms with E-state index in [0.717, 1.165) is 25.2 Å². The standard InChI is InChI=1S/C24H31N3O/c1-16(28)26-18-8-10-23(2)17(14-18)4-5-19-20-6-7-22(27-13-12-25-15-27)24(20,3)11-9-21(19)23/h4,6-7,12-13,15,18-19,21H,5,8-11,14H2,1-3H3,(H,26,28)/t18-,19+,21+,23+,24+/m1/s1. The van der Waals surface area contributed by atoms with Crippen LogP contribution in [0.3, 0.4) is 0 Å². The Morgan fingerprint density at radius 2 is 2.11 bits per heavy atom. The normalized spacial score (nSPS) is 39.1. The number of amides is 1. The first kappa shape index (κ1) is 18.0. The van der Waals surface area contributed by atoms with Crippen LogP contribution in [0.25, 0.3) is 5.70 Å². The van der Waals surface area contributed by atoms with Crippen molar-refractivity contribution in [1.82, 2.24) is 14.9 Å². The molecule has 28 heavy (non-hydrogen) atoms. The molecule has 5 atom stereocenters. The molecule has 1 aromatic heterocycles. The number of aromatic nitrogens is 2. The van der Waals surface area contributed by atoms with E-state index in [1.165, 1.54) is 25.0 Å². The number of imidazole rings is 1. The summed E-state index contributed by atoms with van der Waals surface area (Å²) in [6, 6.07) is 0.322. The third kappa shape index (κ3) is 2.49. The highest BCUT2D eigenvalue weighted by Gasteiger charge is 2.54. The summed E-state index contributed by atoms with van der Waals surface area (Å²) in [6.45, 7) is 6.57. The van der Waals surface area contributed by atoms with Crippen LogP contribution in [-0.2, 0) is 4.79 Å². The van der Waals surface area contributed by atoms with Gasteiger partial charge in [-0.05, 0) is 61.9 Å². The maximum absolute atomic E-state index is 11.5. The van der Waals surface area contributed by atoms with Crippen molar-refractivity contribution in [1.29, 1.82) is 0 Å². The molecule has 4 aliphatic rings. The fourth-order valence-electron chi connectivity index (χ4n) is 6.83. The summed E-state index contributed by atoms with van der Waals surface area (Å²) in [6.07, 6.45) is 20.1. The van der Waals surface area contributed by atoms with Crippen LogP contribution in [0.1, 0.15) is 59.3 Å². The van der Waals surface area contributed by atoms with E-state index in [1.54, 1.807) is 18.1 Å². The first-order valence-corrected chi connectivity index (χ1v) is 10.8. The van der Waals surface area contributed by atoms with Gasteiger partial charge in [-0.1, -0.05) is 37.1 Å². The maximum atomic E-state index is 11.5. The van der Waals surface area contributed by atoms with E-state index in [-0.39, 0.29) is 16.7 Å². The third-order valence-electron chi connectivity index (χ3n) is 8.30. The van der Waals surface area contributed by atoms with Crippen LogP contribution in [0.15, 0.2) is 48.1 Å². The van der Waals surface area contributed by atoms with E-state index in [1.807, 2.05) is 12.5 Å². The van der Waals surface area contributed by atoms with Crippen LogP contribution < -0.4 is 5.32 Å². The fraction of sp³-hybridized carbons (Fsp3) is 0.583. The second-order valence-electron chi connectivity index (χ2n) is 9.75. The SMILES string of the molecule is CC(=O)N[C@@H]1CC[C@@]2(C)C(=CC[C@H]3C4=CC=C(n5ccnc5)[C@@]4(C)CC[C@@H]32)C1. The molecule has 0 spiro atoms. The highest BCUT2D eigenvalue weighted by molar-refractivity contribution is 5.73. The summed E-state index contributed by atoms with van der Waals surface area (Å²) in [7, 11) is 0. The van der Waals surface area contributed by atoms with E-state index in [2.05, 4.69) is 53.1 Å². The van der Waals surface area contributed by atoms with Gasteiger partial charge in [-0.3, -0.25) is 4.79 Å². The van der Waals surface area contributed by atoms with Crippen molar-refractivity contribution < 1.29 is 4.79 Å². The molecule has 1 heterocycles. The molecule has 4 heteroatoms. The average molecular weight is 378 g/mol. The molecule has 2 fully saturated rings. The van der Waals surface area contributed by atoms with Gasteiger partial charge in [-0.25, -0.2) is 4.98 Å². The lowest BCUT2D eigenvalue weighted by Gasteiger charge is -2.56. The Morgan fingerprint density at radius 1 is 1.25 bits per heavy atom. The van der Waals surface area contributed by atoms with Gasteiger partial charge in [0.2, 0.25) is 5.91 Å². The molecule has 5 rings (SSSR count). The lowest BCUT2D eigenvalue weighted by atomic mass is 9.49. The van der Waals surface area contributed by atoms with Gasteiger partial charge in [-0.2, -0.15) is 0 Å². The van der Waals surface area contributed by atoms with Crippen LogP contribution in [-0.4, -0.2) is 21.5 Å². The number of carbonyl (C=O) groups is 1. The number of fused-ring (bicyclic) bond motifs is 5. The van der Waals surface area contributed by atoms with E-state index >= 15 is 0 Å². The van der Waals surface area contributed by atoms with Gasteiger partial charge in [-0.15, -0.1) is 0 Å². The molecule has 0 aliphatic heterocycles.